The maximum Gasteiger partial charge on any atom is 0.405 e. The van der Waals surface area contributed by atoms with Crippen LogP contribution in [-0.4, -0.2) is 31.4 Å². The Hall–Kier alpha value is -2.15. The van der Waals surface area contributed by atoms with Gasteiger partial charge in [-0.25, -0.2) is 4.79 Å². The molecular weight excluding hydrogens is 258 g/mol. The van der Waals surface area contributed by atoms with Crippen molar-refractivity contribution >= 4 is 17.7 Å². The van der Waals surface area contributed by atoms with Crippen LogP contribution in [0.4, 0.5) is 4.79 Å². The number of benzene rings is 1. The molecule has 0 aliphatic carbocycles. The summed E-state index contributed by atoms with van der Waals surface area (Å²) in [6.45, 7) is 0.218. The van der Waals surface area contributed by atoms with Gasteiger partial charge in [-0.1, -0.05) is 29.8 Å². The molecule has 1 heterocycles. The third-order valence-corrected chi connectivity index (χ3v) is 2.66. The molecule has 0 saturated carbocycles. The van der Waals surface area contributed by atoms with E-state index in [4.69, 9.17) is 16.7 Å². The number of carboxylic acid groups (broad SMARTS) is 1. The number of tetrazole rings is 1. The van der Waals surface area contributed by atoms with E-state index < -0.39 is 12.1 Å². The number of nitrogens with one attached hydrogen (secondary N) is 1. The molecule has 0 bridgehead atoms. The lowest BCUT2D eigenvalue weighted by Gasteiger charge is -2.17. The molecule has 7 nitrogen and oxygen atoms in total. The van der Waals surface area contributed by atoms with Crippen LogP contribution < -0.4 is 5.32 Å². The van der Waals surface area contributed by atoms with E-state index in [-0.39, 0.29) is 6.54 Å². The third-order valence-electron chi connectivity index (χ3n) is 2.32. The zero-order chi connectivity index (χ0) is 13.0. The Bertz CT molecular complexity index is 531. The van der Waals surface area contributed by atoms with Gasteiger partial charge in [0, 0.05) is 5.02 Å². The van der Waals surface area contributed by atoms with Crippen molar-refractivity contribution in [2.45, 2.75) is 12.6 Å². The van der Waals surface area contributed by atoms with Gasteiger partial charge < -0.3 is 10.4 Å². The Labute approximate surface area is 107 Å². The van der Waals surface area contributed by atoms with E-state index >= 15 is 0 Å². The predicted octanol–water partition coefficient (Wildman–Crippen LogP) is 1.34. The van der Waals surface area contributed by atoms with Crippen molar-refractivity contribution in [2.24, 2.45) is 0 Å². The van der Waals surface area contributed by atoms with Gasteiger partial charge in [0.1, 0.15) is 0 Å². The fourth-order valence-corrected chi connectivity index (χ4v) is 1.83. The van der Waals surface area contributed by atoms with Crippen molar-refractivity contribution < 1.29 is 9.90 Å². The fraction of sp³-hybridized carbons (Fsp3) is 0.200. The number of halogens is 1. The van der Waals surface area contributed by atoms with Crippen LogP contribution in [0.5, 0.6) is 0 Å². The largest absolute Gasteiger partial charge is 0.465 e. The molecule has 0 aliphatic heterocycles. The average Bonchev–Trinajstić information content (AvgIpc) is 2.81. The molecule has 0 spiro atoms. The summed E-state index contributed by atoms with van der Waals surface area (Å²) < 4.78 is 0. The summed E-state index contributed by atoms with van der Waals surface area (Å²) in [5.74, 6) is 0. The Balaban J connectivity index is 2.25. The second-order valence-corrected chi connectivity index (χ2v) is 3.92. The van der Waals surface area contributed by atoms with Gasteiger partial charge >= 0.3 is 6.09 Å². The lowest BCUT2D eigenvalue weighted by atomic mass is 10.1. The summed E-state index contributed by atoms with van der Waals surface area (Å²) in [5, 5.41) is 22.8. The summed E-state index contributed by atoms with van der Waals surface area (Å²) in [6.07, 6.45) is 0.143. The highest BCUT2D eigenvalue weighted by Crippen LogP contribution is 2.23. The van der Waals surface area contributed by atoms with Crippen molar-refractivity contribution in [3.8, 4) is 0 Å². The molecule has 0 saturated heterocycles. The van der Waals surface area contributed by atoms with Crippen molar-refractivity contribution in [2.75, 3.05) is 0 Å². The first kappa shape index (κ1) is 12.3. The maximum absolute atomic E-state index is 10.8. The zero-order valence-corrected chi connectivity index (χ0v) is 9.95. The highest BCUT2D eigenvalue weighted by molar-refractivity contribution is 6.31. The third kappa shape index (κ3) is 2.95. The number of nitrogens with zero attached hydrogens (tertiary/aromatic N) is 4. The van der Waals surface area contributed by atoms with Crippen molar-refractivity contribution in [1.82, 2.24) is 25.5 Å². The van der Waals surface area contributed by atoms with E-state index in [2.05, 4.69) is 20.7 Å². The molecule has 1 aromatic heterocycles. The van der Waals surface area contributed by atoms with E-state index in [0.717, 1.165) is 0 Å². The van der Waals surface area contributed by atoms with Crippen LogP contribution in [0.2, 0.25) is 5.02 Å². The van der Waals surface area contributed by atoms with E-state index in [1.165, 1.54) is 11.1 Å². The Morgan fingerprint density at radius 1 is 1.50 bits per heavy atom. The normalized spacial score (nSPS) is 12.1. The molecule has 0 fully saturated rings. The maximum atomic E-state index is 10.8. The minimum absolute atomic E-state index is 0.218. The highest BCUT2D eigenvalue weighted by atomic mass is 35.5. The molecular formula is C10H10ClN5O2. The van der Waals surface area contributed by atoms with E-state index in [0.29, 0.717) is 10.6 Å². The SMILES string of the molecule is O=C(O)N[C@H](Cn1ncnn1)c1ccccc1Cl. The van der Waals surface area contributed by atoms with Crippen LogP contribution in [0.25, 0.3) is 0 Å². The molecule has 18 heavy (non-hydrogen) atoms. The summed E-state index contributed by atoms with van der Waals surface area (Å²) in [7, 11) is 0. The van der Waals surface area contributed by atoms with Crippen LogP contribution in [0.15, 0.2) is 30.6 Å². The summed E-state index contributed by atoms with van der Waals surface area (Å²) in [5.41, 5.74) is 0.666. The molecule has 0 radical (unpaired) electrons. The first-order valence-corrected chi connectivity index (χ1v) is 5.49. The topological polar surface area (TPSA) is 92.9 Å². The monoisotopic (exact) mass is 267 g/mol. The quantitative estimate of drug-likeness (QED) is 0.872. The lowest BCUT2D eigenvalue weighted by Crippen LogP contribution is -2.31. The molecule has 0 unspecified atom stereocenters. The minimum Gasteiger partial charge on any atom is -0.465 e. The van der Waals surface area contributed by atoms with Crippen molar-refractivity contribution in [3.63, 3.8) is 0 Å². The Morgan fingerprint density at radius 2 is 2.28 bits per heavy atom. The van der Waals surface area contributed by atoms with Gasteiger partial charge in [0.2, 0.25) is 0 Å². The van der Waals surface area contributed by atoms with Gasteiger partial charge in [-0.2, -0.15) is 4.80 Å². The highest BCUT2D eigenvalue weighted by Gasteiger charge is 2.18. The van der Waals surface area contributed by atoms with E-state index in [9.17, 15) is 4.79 Å². The molecule has 2 rings (SSSR count). The van der Waals surface area contributed by atoms with Crippen molar-refractivity contribution in [1.29, 1.82) is 0 Å². The second-order valence-electron chi connectivity index (χ2n) is 3.51. The lowest BCUT2D eigenvalue weighted by molar-refractivity contribution is 0.187. The minimum atomic E-state index is -1.14. The summed E-state index contributed by atoms with van der Waals surface area (Å²) in [4.78, 5) is 12.1. The smallest absolute Gasteiger partial charge is 0.405 e. The number of rotatable bonds is 4. The number of aromatic nitrogens is 4. The number of carbonyl (C=O) groups is 1. The molecule has 2 aromatic rings. The first-order chi connectivity index (χ1) is 8.66. The Kier molecular flexibility index (Phi) is 3.73. The molecule has 1 amide bonds. The standard InChI is InChI=1S/C10H10ClN5O2/c11-8-4-2-1-3-7(8)9(14-10(17)18)5-16-13-6-12-15-16/h1-4,6,9,14H,5H2,(H,17,18)/t9-/m1/s1. The van der Waals surface area contributed by atoms with E-state index in [1.54, 1.807) is 24.3 Å². The molecule has 94 valence electrons. The summed E-state index contributed by atoms with van der Waals surface area (Å²) >= 11 is 6.04. The number of amides is 1. The first-order valence-electron chi connectivity index (χ1n) is 5.11. The number of hydrogen-bond acceptors (Lipinski definition) is 4. The molecule has 1 aromatic carbocycles. The summed E-state index contributed by atoms with van der Waals surface area (Å²) in [6, 6.07) is 6.47. The van der Waals surface area contributed by atoms with Crippen LogP contribution in [0.1, 0.15) is 11.6 Å². The van der Waals surface area contributed by atoms with Crippen molar-refractivity contribution in [3.05, 3.63) is 41.2 Å². The molecule has 1 atom stereocenters. The van der Waals surface area contributed by atoms with Gasteiger partial charge in [-0.15, -0.1) is 10.2 Å². The fourth-order valence-electron chi connectivity index (χ4n) is 1.56. The van der Waals surface area contributed by atoms with Gasteiger partial charge in [-0.3, -0.25) is 0 Å². The van der Waals surface area contributed by atoms with E-state index in [1.807, 2.05) is 0 Å². The van der Waals surface area contributed by atoms with Crippen LogP contribution >= 0.6 is 11.6 Å². The van der Waals surface area contributed by atoms with Gasteiger partial charge in [0.25, 0.3) is 0 Å². The zero-order valence-electron chi connectivity index (χ0n) is 9.19. The number of hydrogen-bond donors (Lipinski definition) is 2. The van der Waals surface area contributed by atoms with Gasteiger partial charge in [-0.05, 0) is 16.8 Å². The van der Waals surface area contributed by atoms with Crippen LogP contribution in [0, 0.1) is 0 Å². The second kappa shape index (κ2) is 5.46. The predicted molar refractivity (Wildman–Crippen MR) is 63.2 cm³/mol. The molecule has 0 aliphatic rings. The van der Waals surface area contributed by atoms with Gasteiger partial charge in [0.15, 0.2) is 6.33 Å². The molecule has 2 N–H and O–H groups in total. The van der Waals surface area contributed by atoms with Gasteiger partial charge in [0.05, 0.1) is 12.6 Å². The average molecular weight is 268 g/mol. The molecule has 8 heteroatoms. The van der Waals surface area contributed by atoms with Crippen LogP contribution in [-0.2, 0) is 6.54 Å². The Morgan fingerprint density at radius 3 is 2.89 bits per heavy atom. The van der Waals surface area contributed by atoms with Crippen LogP contribution in [0.3, 0.4) is 0 Å².